The van der Waals surface area contributed by atoms with Gasteiger partial charge in [0, 0.05) is 25.1 Å². The number of nitrogens with one attached hydrogen (secondary N) is 1. The number of hydrogen-bond acceptors (Lipinski definition) is 6. The number of rotatable bonds is 4. The summed E-state index contributed by atoms with van der Waals surface area (Å²) in [5.41, 5.74) is 7.93. The number of anilines is 2. The summed E-state index contributed by atoms with van der Waals surface area (Å²) < 4.78 is 0. The van der Waals surface area contributed by atoms with Crippen molar-refractivity contribution in [2.24, 2.45) is 17.5 Å². The number of aromatic nitrogens is 2. The van der Waals surface area contributed by atoms with Crippen molar-refractivity contribution in [3.05, 3.63) is 11.9 Å². The molecule has 3 rings (SSSR count). The molecule has 1 atom stereocenters. The minimum Gasteiger partial charge on any atom is -0.369 e. The van der Waals surface area contributed by atoms with E-state index >= 15 is 0 Å². The van der Waals surface area contributed by atoms with Gasteiger partial charge in [-0.3, -0.25) is 4.79 Å². The van der Waals surface area contributed by atoms with Gasteiger partial charge < -0.3 is 16.1 Å². The third kappa shape index (κ3) is 2.46. The fourth-order valence-corrected chi connectivity index (χ4v) is 2.41. The zero-order valence-corrected chi connectivity index (χ0v) is 10.7. The van der Waals surface area contributed by atoms with Crippen LogP contribution in [0, 0.1) is 5.92 Å². The standard InChI is InChI=1S/C12H18N6O/c13-11(19)8-3-4-18(6-8)10-5-9(17-14)15-12(16-10)7-1-2-7/h5,7-8H,1-4,6,14H2,(H2,13,19)(H,15,16,17). The van der Waals surface area contributed by atoms with Crippen molar-refractivity contribution in [1.29, 1.82) is 0 Å². The van der Waals surface area contributed by atoms with E-state index in [-0.39, 0.29) is 11.8 Å². The van der Waals surface area contributed by atoms with Crippen molar-refractivity contribution in [2.75, 3.05) is 23.4 Å². The molecule has 1 saturated heterocycles. The molecule has 0 bridgehead atoms. The lowest BCUT2D eigenvalue weighted by Gasteiger charge is -2.18. The number of nitrogen functional groups attached to an aromatic ring is 1. The third-order valence-corrected chi connectivity index (χ3v) is 3.73. The number of hydrogen-bond donors (Lipinski definition) is 3. The number of amides is 1. The average Bonchev–Trinajstić information content (AvgIpc) is 3.14. The van der Waals surface area contributed by atoms with Crippen molar-refractivity contribution < 1.29 is 4.79 Å². The lowest BCUT2D eigenvalue weighted by atomic mass is 10.1. The number of nitrogens with zero attached hydrogens (tertiary/aromatic N) is 3. The number of primary amides is 1. The van der Waals surface area contributed by atoms with Gasteiger partial charge in [0.15, 0.2) is 0 Å². The van der Waals surface area contributed by atoms with Gasteiger partial charge in [-0.25, -0.2) is 15.8 Å². The molecule has 1 aromatic rings. The Hall–Kier alpha value is -1.89. The van der Waals surface area contributed by atoms with Crippen molar-refractivity contribution >= 4 is 17.5 Å². The molecule has 7 heteroatoms. The van der Waals surface area contributed by atoms with Gasteiger partial charge in [-0.15, -0.1) is 0 Å². The summed E-state index contributed by atoms with van der Waals surface area (Å²) in [4.78, 5) is 22.3. The molecule has 0 spiro atoms. The van der Waals surface area contributed by atoms with Crippen LogP contribution in [0.2, 0.25) is 0 Å². The first-order valence-corrected chi connectivity index (χ1v) is 6.57. The van der Waals surface area contributed by atoms with Crippen LogP contribution in [0.4, 0.5) is 11.6 Å². The summed E-state index contributed by atoms with van der Waals surface area (Å²) >= 11 is 0. The molecule has 102 valence electrons. The Morgan fingerprint density at radius 2 is 2.16 bits per heavy atom. The SMILES string of the molecule is NNc1cc(N2CCC(C(N)=O)C2)nc(C2CC2)n1. The zero-order valence-electron chi connectivity index (χ0n) is 10.7. The summed E-state index contributed by atoms with van der Waals surface area (Å²) in [7, 11) is 0. The van der Waals surface area contributed by atoms with Gasteiger partial charge in [0.2, 0.25) is 5.91 Å². The molecular formula is C12H18N6O. The summed E-state index contributed by atoms with van der Waals surface area (Å²) in [5.74, 6) is 7.87. The summed E-state index contributed by atoms with van der Waals surface area (Å²) in [6.45, 7) is 1.42. The smallest absolute Gasteiger partial charge is 0.222 e. The van der Waals surface area contributed by atoms with Gasteiger partial charge in [0.25, 0.3) is 0 Å². The van der Waals surface area contributed by atoms with Crippen LogP contribution in [0.1, 0.15) is 31.0 Å². The van der Waals surface area contributed by atoms with E-state index in [1.54, 1.807) is 0 Å². The topological polar surface area (TPSA) is 110 Å². The molecule has 0 radical (unpaired) electrons. The Morgan fingerprint density at radius 1 is 1.37 bits per heavy atom. The van der Waals surface area contributed by atoms with Crippen LogP contribution in [-0.2, 0) is 4.79 Å². The first kappa shape index (κ1) is 12.2. The number of carbonyl (C=O) groups excluding carboxylic acids is 1. The lowest BCUT2D eigenvalue weighted by molar-refractivity contribution is -0.121. The summed E-state index contributed by atoms with van der Waals surface area (Å²) in [5, 5.41) is 0. The largest absolute Gasteiger partial charge is 0.369 e. The van der Waals surface area contributed by atoms with Crippen LogP contribution >= 0.6 is 0 Å². The molecule has 1 aliphatic carbocycles. The van der Waals surface area contributed by atoms with Crippen molar-refractivity contribution in [2.45, 2.75) is 25.2 Å². The highest BCUT2D eigenvalue weighted by Crippen LogP contribution is 2.39. The lowest BCUT2D eigenvalue weighted by Crippen LogP contribution is -2.28. The molecule has 2 aliphatic rings. The molecule has 2 fully saturated rings. The van der Waals surface area contributed by atoms with E-state index in [1.807, 2.05) is 6.07 Å². The van der Waals surface area contributed by atoms with Gasteiger partial charge in [-0.05, 0) is 19.3 Å². The maximum atomic E-state index is 11.2. The van der Waals surface area contributed by atoms with Crippen LogP contribution in [-0.4, -0.2) is 29.0 Å². The Balaban J connectivity index is 1.83. The number of hydrazine groups is 1. The third-order valence-electron chi connectivity index (χ3n) is 3.73. The van der Waals surface area contributed by atoms with Crippen molar-refractivity contribution in [3.63, 3.8) is 0 Å². The Bertz CT molecular complexity index is 501. The molecule has 1 saturated carbocycles. The van der Waals surface area contributed by atoms with E-state index in [1.165, 1.54) is 0 Å². The highest BCUT2D eigenvalue weighted by atomic mass is 16.1. The van der Waals surface area contributed by atoms with Crippen LogP contribution < -0.4 is 21.9 Å². The van der Waals surface area contributed by atoms with Gasteiger partial charge in [0.1, 0.15) is 17.5 Å². The molecule has 1 amide bonds. The summed E-state index contributed by atoms with van der Waals surface area (Å²) in [6, 6.07) is 1.81. The van der Waals surface area contributed by atoms with E-state index in [2.05, 4.69) is 20.3 Å². The molecule has 0 aromatic carbocycles. The first-order valence-electron chi connectivity index (χ1n) is 6.57. The predicted molar refractivity (Wildman–Crippen MR) is 71.3 cm³/mol. The van der Waals surface area contributed by atoms with E-state index in [4.69, 9.17) is 11.6 Å². The second-order valence-electron chi connectivity index (χ2n) is 5.22. The molecular weight excluding hydrogens is 244 g/mol. The molecule has 19 heavy (non-hydrogen) atoms. The van der Waals surface area contributed by atoms with Crippen LogP contribution in [0.5, 0.6) is 0 Å². The number of carbonyl (C=O) groups is 1. The van der Waals surface area contributed by atoms with Gasteiger partial charge in [0.05, 0.1) is 5.92 Å². The van der Waals surface area contributed by atoms with E-state index < -0.39 is 0 Å². The normalized spacial score (nSPS) is 22.6. The van der Waals surface area contributed by atoms with E-state index in [9.17, 15) is 4.79 Å². The zero-order chi connectivity index (χ0) is 13.4. The fourth-order valence-electron chi connectivity index (χ4n) is 2.41. The second kappa shape index (κ2) is 4.65. The molecule has 7 nitrogen and oxygen atoms in total. The van der Waals surface area contributed by atoms with Crippen LogP contribution in [0.3, 0.4) is 0 Å². The maximum Gasteiger partial charge on any atom is 0.222 e. The minimum atomic E-state index is -0.240. The maximum absolute atomic E-state index is 11.2. The quantitative estimate of drug-likeness (QED) is 0.518. The highest BCUT2D eigenvalue weighted by Gasteiger charge is 2.31. The van der Waals surface area contributed by atoms with E-state index in [0.717, 1.165) is 37.4 Å². The van der Waals surface area contributed by atoms with Gasteiger partial charge in [-0.1, -0.05) is 0 Å². The monoisotopic (exact) mass is 262 g/mol. The van der Waals surface area contributed by atoms with Crippen LogP contribution in [0.15, 0.2) is 6.07 Å². The molecule has 5 N–H and O–H groups in total. The second-order valence-corrected chi connectivity index (χ2v) is 5.22. The van der Waals surface area contributed by atoms with Gasteiger partial charge in [-0.2, -0.15) is 0 Å². The first-order chi connectivity index (χ1) is 9.17. The predicted octanol–water partition coefficient (Wildman–Crippen LogP) is -0.0488. The average molecular weight is 262 g/mol. The number of nitrogens with two attached hydrogens (primary N) is 2. The molecule has 1 aromatic heterocycles. The Kier molecular flexibility index (Phi) is 2.98. The highest BCUT2D eigenvalue weighted by molar-refractivity contribution is 5.78. The van der Waals surface area contributed by atoms with Crippen LogP contribution in [0.25, 0.3) is 0 Å². The van der Waals surface area contributed by atoms with E-state index in [0.29, 0.717) is 18.3 Å². The minimum absolute atomic E-state index is 0.0892. The molecule has 2 heterocycles. The van der Waals surface area contributed by atoms with Gasteiger partial charge >= 0.3 is 0 Å². The van der Waals surface area contributed by atoms with Crippen molar-refractivity contribution in [1.82, 2.24) is 9.97 Å². The fraction of sp³-hybridized carbons (Fsp3) is 0.583. The molecule has 1 aliphatic heterocycles. The van der Waals surface area contributed by atoms with Crippen molar-refractivity contribution in [3.8, 4) is 0 Å². The Morgan fingerprint density at radius 3 is 2.74 bits per heavy atom. The Labute approximate surface area is 111 Å². The molecule has 1 unspecified atom stereocenters. The summed E-state index contributed by atoms with van der Waals surface area (Å²) in [6.07, 6.45) is 3.05.